The van der Waals surface area contributed by atoms with Gasteiger partial charge in [0.25, 0.3) is 0 Å². The molecule has 1 atom stereocenters. The highest BCUT2D eigenvalue weighted by Crippen LogP contribution is 2.23. The standard InChI is InChI=1S/C15H20Cl2N2O2/c1-2-15(20)18-8-12-10-19(5-6-21-12)9-11-3-4-13(16)14(17)7-11/h3-4,7,12H,2,5-6,8-10H2,1H3,(H,18,20). The van der Waals surface area contributed by atoms with Gasteiger partial charge in [0.1, 0.15) is 0 Å². The molecule has 21 heavy (non-hydrogen) atoms. The van der Waals surface area contributed by atoms with Crippen molar-refractivity contribution < 1.29 is 9.53 Å². The van der Waals surface area contributed by atoms with Crippen molar-refractivity contribution in [3.8, 4) is 0 Å². The van der Waals surface area contributed by atoms with Crippen LogP contribution in [0.4, 0.5) is 0 Å². The minimum atomic E-state index is 0.0389. The number of benzene rings is 1. The molecule has 1 heterocycles. The van der Waals surface area contributed by atoms with Crippen LogP contribution in [0.2, 0.25) is 10.0 Å². The zero-order valence-electron chi connectivity index (χ0n) is 12.1. The Bertz CT molecular complexity index is 497. The first-order valence-corrected chi connectivity index (χ1v) is 7.88. The summed E-state index contributed by atoms with van der Waals surface area (Å²) in [6.07, 6.45) is 0.539. The van der Waals surface area contributed by atoms with E-state index in [1.54, 1.807) is 0 Å². The molecule has 2 rings (SSSR count). The van der Waals surface area contributed by atoms with Crippen LogP contribution in [0.3, 0.4) is 0 Å². The maximum atomic E-state index is 11.3. The molecule has 0 aromatic heterocycles. The van der Waals surface area contributed by atoms with E-state index in [0.29, 0.717) is 29.6 Å². The van der Waals surface area contributed by atoms with Gasteiger partial charge in [0.2, 0.25) is 5.91 Å². The maximum absolute atomic E-state index is 11.3. The number of hydrogen-bond donors (Lipinski definition) is 1. The highest BCUT2D eigenvalue weighted by molar-refractivity contribution is 6.42. The molecule has 1 amide bonds. The molecule has 1 unspecified atom stereocenters. The fourth-order valence-corrected chi connectivity index (χ4v) is 2.62. The smallest absolute Gasteiger partial charge is 0.219 e. The topological polar surface area (TPSA) is 41.6 Å². The second-order valence-electron chi connectivity index (χ2n) is 5.13. The highest BCUT2D eigenvalue weighted by Gasteiger charge is 2.21. The van der Waals surface area contributed by atoms with Gasteiger partial charge in [0, 0.05) is 32.6 Å². The average molecular weight is 331 g/mol. The van der Waals surface area contributed by atoms with E-state index < -0.39 is 0 Å². The van der Waals surface area contributed by atoms with E-state index in [0.717, 1.165) is 25.2 Å². The molecule has 0 aliphatic carbocycles. The van der Waals surface area contributed by atoms with Crippen LogP contribution < -0.4 is 5.32 Å². The lowest BCUT2D eigenvalue weighted by molar-refractivity contribution is -0.122. The van der Waals surface area contributed by atoms with E-state index in [2.05, 4.69) is 10.2 Å². The molecular weight excluding hydrogens is 311 g/mol. The van der Waals surface area contributed by atoms with Gasteiger partial charge in [0.05, 0.1) is 22.8 Å². The fourth-order valence-electron chi connectivity index (χ4n) is 2.30. The van der Waals surface area contributed by atoms with Crippen LogP contribution in [-0.2, 0) is 16.1 Å². The Labute approximate surface area is 135 Å². The van der Waals surface area contributed by atoms with E-state index in [9.17, 15) is 4.79 Å². The van der Waals surface area contributed by atoms with Crippen molar-refractivity contribution in [2.75, 3.05) is 26.2 Å². The lowest BCUT2D eigenvalue weighted by atomic mass is 10.2. The molecular formula is C15H20Cl2N2O2. The summed E-state index contributed by atoms with van der Waals surface area (Å²) in [6, 6.07) is 5.70. The summed E-state index contributed by atoms with van der Waals surface area (Å²) >= 11 is 12.0. The van der Waals surface area contributed by atoms with Gasteiger partial charge in [-0.15, -0.1) is 0 Å². The Kier molecular flexibility index (Phi) is 6.30. The predicted octanol–water partition coefficient (Wildman–Crippen LogP) is 2.72. The van der Waals surface area contributed by atoms with Gasteiger partial charge in [0.15, 0.2) is 0 Å². The summed E-state index contributed by atoms with van der Waals surface area (Å²) < 4.78 is 5.68. The van der Waals surface area contributed by atoms with Gasteiger partial charge in [-0.3, -0.25) is 9.69 Å². The molecule has 4 nitrogen and oxygen atoms in total. The highest BCUT2D eigenvalue weighted by atomic mass is 35.5. The van der Waals surface area contributed by atoms with Crippen LogP contribution in [0.1, 0.15) is 18.9 Å². The van der Waals surface area contributed by atoms with Crippen molar-refractivity contribution in [3.05, 3.63) is 33.8 Å². The molecule has 0 bridgehead atoms. The SMILES string of the molecule is CCC(=O)NCC1CN(Cc2ccc(Cl)c(Cl)c2)CCO1. The number of amides is 1. The monoisotopic (exact) mass is 330 g/mol. The molecule has 116 valence electrons. The van der Waals surface area contributed by atoms with Crippen molar-refractivity contribution in [3.63, 3.8) is 0 Å². The first kappa shape index (κ1) is 16.6. The number of halogens is 2. The third-order valence-corrected chi connectivity index (χ3v) is 4.20. The van der Waals surface area contributed by atoms with E-state index in [1.807, 2.05) is 25.1 Å². The van der Waals surface area contributed by atoms with Gasteiger partial charge < -0.3 is 10.1 Å². The van der Waals surface area contributed by atoms with Crippen molar-refractivity contribution in [2.24, 2.45) is 0 Å². The van der Waals surface area contributed by atoms with Crippen molar-refractivity contribution in [2.45, 2.75) is 26.0 Å². The lowest BCUT2D eigenvalue weighted by Crippen LogP contribution is -2.47. The Balaban J connectivity index is 1.85. The van der Waals surface area contributed by atoms with E-state index >= 15 is 0 Å². The fraction of sp³-hybridized carbons (Fsp3) is 0.533. The number of carbonyl (C=O) groups is 1. The van der Waals surface area contributed by atoms with Crippen LogP contribution >= 0.6 is 23.2 Å². The van der Waals surface area contributed by atoms with Crippen LogP contribution in [0.5, 0.6) is 0 Å². The van der Waals surface area contributed by atoms with Crippen LogP contribution in [-0.4, -0.2) is 43.2 Å². The van der Waals surface area contributed by atoms with Gasteiger partial charge in [-0.25, -0.2) is 0 Å². The van der Waals surface area contributed by atoms with Gasteiger partial charge in [-0.2, -0.15) is 0 Å². The molecule has 0 radical (unpaired) electrons. The molecule has 0 spiro atoms. The summed E-state index contributed by atoms with van der Waals surface area (Å²) in [6.45, 7) is 5.55. The molecule has 1 aliphatic rings. The summed E-state index contributed by atoms with van der Waals surface area (Å²) in [5.74, 6) is 0.0557. The third-order valence-electron chi connectivity index (χ3n) is 3.46. The molecule has 0 saturated carbocycles. The second-order valence-corrected chi connectivity index (χ2v) is 5.95. The summed E-state index contributed by atoms with van der Waals surface area (Å²) in [7, 11) is 0. The van der Waals surface area contributed by atoms with Crippen molar-refractivity contribution >= 4 is 29.1 Å². The quantitative estimate of drug-likeness (QED) is 0.902. The zero-order chi connectivity index (χ0) is 15.2. The third kappa shape index (κ3) is 5.15. The first-order chi connectivity index (χ1) is 10.1. The molecule has 1 aromatic rings. The number of nitrogens with one attached hydrogen (secondary N) is 1. The Morgan fingerprint density at radius 3 is 2.95 bits per heavy atom. The Morgan fingerprint density at radius 2 is 2.24 bits per heavy atom. The number of hydrogen-bond acceptors (Lipinski definition) is 3. The normalized spacial score (nSPS) is 19.5. The summed E-state index contributed by atoms with van der Waals surface area (Å²) in [5.41, 5.74) is 1.13. The van der Waals surface area contributed by atoms with Gasteiger partial charge in [-0.1, -0.05) is 36.2 Å². The van der Waals surface area contributed by atoms with Crippen LogP contribution in [0, 0.1) is 0 Å². The largest absolute Gasteiger partial charge is 0.374 e. The molecule has 1 saturated heterocycles. The predicted molar refractivity (Wildman–Crippen MR) is 84.8 cm³/mol. The van der Waals surface area contributed by atoms with Crippen LogP contribution in [0.15, 0.2) is 18.2 Å². The molecule has 1 N–H and O–H groups in total. The first-order valence-electron chi connectivity index (χ1n) is 7.13. The lowest BCUT2D eigenvalue weighted by Gasteiger charge is -2.33. The molecule has 6 heteroatoms. The summed E-state index contributed by atoms with van der Waals surface area (Å²) in [5, 5.41) is 4.02. The van der Waals surface area contributed by atoms with Crippen molar-refractivity contribution in [1.82, 2.24) is 10.2 Å². The minimum Gasteiger partial charge on any atom is -0.374 e. The second kappa shape index (κ2) is 7.99. The van der Waals surface area contributed by atoms with E-state index in [-0.39, 0.29) is 12.0 Å². The van der Waals surface area contributed by atoms with Crippen molar-refractivity contribution in [1.29, 1.82) is 0 Å². The Morgan fingerprint density at radius 1 is 1.43 bits per heavy atom. The zero-order valence-corrected chi connectivity index (χ0v) is 13.6. The van der Waals surface area contributed by atoms with Gasteiger partial charge >= 0.3 is 0 Å². The summed E-state index contributed by atoms with van der Waals surface area (Å²) in [4.78, 5) is 13.6. The number of carbonyl (C=O) groups excluding carboxylic acids is 1. The number of morpholine rings is 1. The average Bonchev–Trinajstić information content (AvgIpc) is 2.49. The van der Waals surface area contributed by atoms with E-state index in [4.69, 9.17) is 27.9 Å². The number of nitrogens with zero attached hydrogens (tertiary/aromatic N) is 1. The number of ether oxygens (including phenoxy) is 1. The number of rotatable bonds is 5. The van der Waals surface area contributed by atoms with Gasteiger partial charge in [-0.05, 0) is 17.7 Å². The molecule has 1 fully saturated rings. The van der Waals surface area contributed by atoms with Crippen LogP contribution in [0.25, 0.3) is 0 Å². The molecule has 1 aromatic carbocycles. The maximum Gasteiger partial charge on any atom is 0.219 e. The Hall–Kier alpha value is -0.810. The minimum absolute atomic E-state index is 0.0389. The van der Waals surface area contributed by atoms with E-state index in [1.165, 1.54) is 0 Å². The molecule has 1 aliphatic heterocycles.